The minimum atomic E-state index is -0.812. The summed E-state index contributed by atoms with van der Waals surface area (Å²) in [6.45, 7) is 0.606. The molecular weight excluding hydrogens is 309 g/mol. The summed E-state index contributed by atoms with van der Waals surface area (Å²) in [7, 11) is 0. The van der Waals surface area contributed by atoms with Crippen molar-refractivity contribution in [2.75, 3.05) is 11.9 Å². The number of hydrogen-bond acceptors (Lipinski definition) is 3. The molecule has 0 amide bonds. The van der Waals surface area contributed by atoms with Gasteiger partial charge in [0, 0.05) is 17.0 Å². The minimum Gasteiger partial charge on any atom is -0.486 e. The molecule has 2 rings (SSSR count). The second-order valence-electron chi connectivity index (χ2n) is 3.82. The lowest BCUT2D eigenvalue weighted by Gasteiger charge is -2.27. The molecule has 1 atom stereocenters. The van der Waals surface area contributed by atoms with Crippen molar-refractivity contribution in [2.24, 2.45) is 0 Å². The van der Waals surface area contributed by atoms with Crippen molar-refractivity contribution in [1.82, 2.24) is 0 Å². The summed E-state index contributed by atoms with van der Waals surface area (Å²) < 4.78 is 6.49. The van der Waals surface area contributed by atoms with Crippen molar-refractivity contribution in [3.05, 3.63) is 21.6 Å². The number of rotatable bonds is 3. The molecule has 0 radical (unpaired) electrons. The average molecular weight is 321 g/mol. The number of anilines is 1. The predicted octanol–water partition coefficient (Wildman–Crippen LogP) is 3.14. The number of fused-ring (bicyclic) bond motifs is 1. The van der Waals surface area contributed by atoms with Crippen LogP contribution >= 0.6 is 27.5 Å². The minimum absolute atomic E-state index is 0.103. The third-order valence-corrected chi connectivity index (χ3v) is 3.71. The van der Waals surface area contributed by atoms with Crippen molar-refractivity contribution in [3.63, 3.8) is 0 Å². The molecule has 6 heteroatoms. The van der Waals surface area contributed by atoms with Gasteiger partial charge in [-0.05, 0) is 28.4 Å². The Balaban J connectivity index is 2.08. The molecule has 0 spiro atoms. The number of hydrogen-bond donors (Lipinski definition) is 2. The summed E-state index contributed by atoms with van der Waals surface area (Å²) in [5, 5.41) is 12.4. The maximum Gasteiger partial charge on any atom is 0.303 e. The van der Waals surface area contributed by atoms with Crippen LogP contribution in [0.3, 0.4) is 0 Å². The van der Waals surface area contributed by atoms with Crippen LogP contribution in [0.2, 0.25) is 5.02 Å². The van der Waals surface area contributed by atoms with E-state index in [0.29, 0.717) is 23.7 Å². The summed E-state index contributed by atoms with van der Waals surface area (Å²) in [5.74, 6) is -0.145. The Labute approximate surface area is 112 Å². The molecule has 0 saturated carbocycles. The summed E-state index contributed by atoms with van der Waals surface area (Å²) in [5.41, 5.74) is 0.868. The first-order valence-corrected chi connectivity index (χ1v) is 6.34. The van der Waals surface area contributed by atoms with E-state index in [1.807, 2.05) is 6.07 Å². The number of carboxylic acids is 1. The molecule has 0 bridgehead atoms. The zero-order valence-corrected chi connectivity index (χ0v) is 11.2. The standard InChI is InChI=1S/C11H11BrClNO3/c12-7-3-9-10(4-8(7)13)17-6(5-14-9)1-2-11(15)16/h3-4,6,14H,1-2,5H2,(H,15,16)/t6-/m0/s1. The lowest BCUT2D eigenvalue weighted by molar-refractivity contribution is -0.137. The van der Waals surface area contributed by atoms with Crippen LogP contribution in [0.25, 0.3) is 0 Å². The van der Waals surface area contributed by atoms with Crippen molar-refractivity contribution in [3.8, 4) is 5.75 Å². The molecule has 1 aromatic carbocycles. The van der Waals surface area contributed by atoms with Gasteiger partial charge in [0.1, 0.15) is 11.9 Å². The quantitative estimate of drug-likeness (QED) is 0.898. The van der Waals surface area contributed by atoms with Gasteiger partial charge >= 0.3 is 5.97 Å². The Hall–Kier alpha value is -0.940. The second kappa shape index (κ2) is 5.14. The molecule has 0 unspecified atom stereocenters. The molecule has 1 aliphatic rings. The van der Waals surface area contributed by atoms with Gasteiger partial charge < -0.3 is 15.2 Å². The Morgan fingerprint density at radius 2 is 2.41 bits per heavy atom. The summed E-state index contributed by atoms with van der Waals surface area (Å²) >= 11 is 9.31. The third kappa shape index (κ3) is 3.04. The Kier molecular flexibility index (Phi) is 3.79. The zero-order chi connectivity index (χ0) is 12.4. The number of ether oxygens (including phenoxy) is 1. The van der Waals surface area contributed by atoms with E-state index in [0.717, 1.165) is 10.2 Å². The van der Waals surface area contributed by atoms with E-state index >= 15 is 0 Å². The number of aliphatic carboxylic acids is 1. The van der Waals surface area contributed by atoms with Crippen LogP contribution in [0.1, 0.15) is 12.8 Å². The predicted molar refractivity (Wildman–Crippen MR) is 68.9 cm³/mol. The van der Waals surface area contributed by atoms with Gasteiger partial charge in [0.15, 0.2) is 0 Å². The second-order valence-corrected chi connectivity index (χ2v) is 5.08. The highest BCUT2D eigenvalue weighted by molar-refractivity contribution is 9.10. The maximum atomic E-state index is 10.5. The van der Waals surface area contributed by atoms with Gasteiger partial charge in [0.2, 0.25) is 0 Å². The van der Waals surface area contributed by atoms with E-state index in [-0.39, 0.29) is 12.5 Å². The number of carboxylic acid groups (broad SMARTS) is 1. The molecule has 92 valence electrons. The maximum absolute atomic E-state index is 10.5. The Morgan fingerprint density at radius 3 is 3.12 bits per heavy atom. The molecule has 0 aromatic heterocycles. The molecule has 17 heavy (non-hydrogen) atoms. The first kappa shape index (κ1) is 12.5. The average Bonchev–Trinajstić information content (AvgIpc) is 2.28. The van der Waals surface area contributed by atoms with Gasteiger partial charge in [-0.25, -0.2) is 0 Å². The fourth-order valence-corrected chi connectivity index (χ4v) is 2.15. The first-order valence-electron chi connectivity index (χ1n) is 5.17. The van der Waals surface area contributed by atoms with Crippen molar-refractivity contribution in [1.29, 1.82) is 0 Å². The lowest BCUT2D eigenvalue weighted by Crippen LogP contribution is -2.31. The number of halogens is 2. The number of carbonyl (C=O) groups is 1. The third-order valence-electron chi connectivity index (χ3n) is 2.52. The first-order chi connectivity index (χ1) is 8.06. The molecule has 0 fully saturated rings. The number of nitrogens with one attached hydrogen (secondary N) is 1. The van der Waals surface area contributed by atoms with Crippen LogP contribution in [0.5, 0.6) is 5.75 Å². The largest absolute Gasteiger partial charge is 0.486 e. The van der Waals surface area contributed by atoms with Crippen LogP contribution in [-0.4, -0.2) is 23.7 Å². The smallest absolute Gasteiger partial charge is 0.303 e. The monoisotopic (exact) mass is 319 g/mol. The Morgan fingerprint density at radius 1 is 1.65 bits per heavy atom. The summed E-state index contributed by atoms with van der Waals surface area (Å²) in [6, 6.07) is 3.58. The fourth-order valence-electron chi connectivity index (χ4n) is 1.65. The summed E-state index contributed by atoms with van der Waals surface area (Å²) in [4.78, 5) is 10.5. The van der Waals surface area contributed by atoms with E-state index in [2.05, 4.69) is 21.2 Å². The van der Waals surface area contributed by atoms with Crippen molar-refractivity contribution in [2.45, 2.75) is 18.9 Å². The zero-order valence-electron chi connectivity index (χ0n) is 8.87. The number of benzene rings is 1. The van der Waals surface area contributed by atoms with E-state index in [1.165, 1.54) is 0 Å². The van der Waals surface area contributed by atoms with Gasteiger partial charge in [-0.2, -0.15) is 0 Å². The molecule has 1 heterocycles. The molecule has 1 aromatic rings. The SMILES string of the molecule is O=C(O)CC[C@H]1CNc2cc(Br)c(Cl)cc2O1. The van der Waals surface area contributed by atoms with E-state index in [4.69, 9.17) is 21.4 Å². The molecule has 4 nitrogen and oxygen atoms in total. The van der Waals surface area contributed by atoms with Gasteiger partial charge in [-0.15, -0.1) is 0 Å². The Bertz CT molecular complexity index is 453. The van der Waals surface area contributed by atoms with E-state index in [9.17, 15) is 4.79 Å². The van der Waals surface area contributed by atoms with Gasteiger partial charge in [0.05, 0.1) is 17.3 Å². The van der Waals surface area contributed by atoms with E-state index in [1.54, 1.807) is 6.07 Å². The van der Waals surface area contributed by atoms with Gasteiger partial charge in [0.25, 0.3) is 0 Å². The van der Waals surface area contributed by atoms with Crippen LogP contribution in [-0.2, 0) is 4.79 Å². The highest BCUT2D eigenvalue weighted by atomic mass is 79.9. The summed E-state index contributed by atoms with van der Waals surface area (Å²) in [6.07, 6.45) is 0.456. The highest BCUT2D eigenvalue weighted by Crippen LogP contribution is 2.37. The van der Waals surface area contributed by atoms with Gasteiger partial charge in [-0.3, -0.25) is 4.79 Å². The van der Waals surface area contributed by atoms with Crippen molar-refractivity contribution < 1.29 is 14.6 Å². The van der Waals surface area contributed by atoms with E-state index < -0.39 is 5.97 Å². The highest BCUT2D eigenvalue weighted by Gasteiger charge is 2.21. The topological polar surface area (TPSA) is 58.6 Å². The molecule has 0 aliphatic carbocycles. The molecule has 1 aliphatic heterocycles. The normalized spacial score (nSPS) is 17.9. The van der Waals surface area contributed by atoms with Crippen LogP contribution in [0.4, 0.5) is 5.69 Å². The molecule has 0 saturated heterocycles. The van der Waals surface area contributed by atoms with Crippen LogP contribution in [0, 0.1) is 0 Å². The molecular formula is C11H11BrClNO3. The molecule has 2 N–H and O–H groups in total. The lowest BCUT2D eigenvalue weighted by atomic mass is 10.1. The fraction of sp³-hybridized carbons (Fsp3) is 0.364. The van der Waals surface area contributed by atoms with Crippen LogP contribution in [0.15, 0.2) is 16.6 Å². The van der Waals surface area contributed by atoms with Crippen molar-refractivity contribution >= 4 is 39.2 Å². The van der Waals surface area contributed by atoms with Gasteiger partial charge in [-0.1, -0.05) is 11.6 Å². The van der Waals surface area contributed by atoms with Crippen LogP contribution < -0.4 is 10.1 Å².